The number of rotatable bonds is 4. The Morgan fingerprint density at radius 2 is 2.40 bits per heavy atom. The van der Waals surface area contributed by atoms with Crippen molar-refractivity contribution < 1.29 is 14.3 Å². The molecule has 0 atom stereocenters. The zero-order chi connectivity index (χ0) is 11.3. The molecule has 0 saturated carbocycles. The van der Waals surface area contributed by atoms with Gasteiger partial charge in [0.15, 0.2) is 0 Å². The third-order valence-electron chi connectivity index (χ3n) is 1.52. The molecule has 0 aromatic carbocycles. The summed E-state index contributed by atoms with van der Waals surface area (Å²) in [5, 5.41) is 6.05. The Balaban J connectivity index is 2.33. The van der Waals surface area contributed by atoms with Crippen molar-refractivity contribution in [1.82, 2.24) is 20.1 Å². The molecular weight excluding hydrogens is 202 g/mol. The summed E-state index contributed by atoms with van der Waals surface area (Å²) < 4.78 is 5.61. The number of methoxy groups -OCH3 is 1. The molecule has 0 fully saturated rings. The molecule has 1 heterocycles. The number of nitrogens with zero attached hydrogens (tertiary/aromatic N) is 3. The SMILES string of the molecule is COC(=O)CNC(=O)Cn1cnc(N)n1. The van der Waals surface area contributed by atoms with Crippen molar-refractivity contribution >= 4 is 17.8 Å². The molecule has 8 heteroatoms. The van der Waals surface area contributed by atoms with Gasteiger partial charge in [0.1, 0.15) is 19.4 Å². The van der Waals surface area contributed by atoms with E-state index in [-0.39, 0.29) is 24.9 Å². The van der Waals surface area contributed by atoms with Crippen molar-refractivity contribution in [3.05, 3.63) is 6.33 Å². The molecule has 0 saturated heterocycles. The topological polar surface area (TPSA) is 112 Å². The van der Waals surface area contributed by atoms with E-state index >= 15 is 0 Å². The second-order valence-electron chi connectivity index (χ2n) is 2.65. The summed E-state index contributed by atoms with van der Waals surface area (Å²) in [7, 11) is 1.24. The van der Waals surface area contributed by atoms with Gasteiger partial charge in [-0.25, -0.2) is 9.67 Å². The van der Waals surface area contributed by atoms with Crippen LogP contribution in [0.2, 0.25) is 0 Å². The highest BCUT2D eigenvalue weighted by Gasteiger charge is 2.06. The smallest absolute Gasteiger partial charge is 0.325 e. The highest BCUT2D eigenvalue weighted by Crippen LogP contribution is 1.88. The Morgan fingerprint density at radius 3 is 2.93 bits per heavy atom. The van der Waals surface area contributed by atoms with Gasteiger partial charge in [-0.2, -0.15) is 0 Å². The van der Waals surface area contributed by atoms with Gasteiger partial charge in [-0.05, 0) is 0 Å². The fourth-order valence-electron chi connectivity index (χ4n) is 0.831. The molecule has 15 heavy (non-hydrogen) atoms. The maximum absolute atomic E-state index is 11.2. The number of nitrogens with one attached hydrogen (secondary N) is 1. The summed E-state index contributed by atoms with van der Waals surface area (Å²) in [5.74, 6) is -0.789. The summed E-state index contributed by atoms with van der Waals surface area (Å²) in [6.07, 6.45) is 1.33. The van der Waals surface area contributed by atoms with E-state index in [0.29, 0.717) is 0 Å². The van der Waals surface area contributed by atoms with E-state index in [1.165, 1.54) is 18.1 Å². The van der Waals surface area contributed by atoms with Crippen LogP contribution < -0.4 is 11.1 Å². The first-order valence-electron chi connectivity index (χ1n) is 4.10. The average molecular weight is 213 g/mol. The third kappa shape index (κ3) is 3.63. The minimum absolute atomic E-state index is 0.0405. The maximum atomic E-state index is 11.2. The van der Waals surface area contributed by atoms with E-state index in [9.17, 15) is 9.59 Å². The van der Waals surface area contributed by atoms with E-state index in [1.807, 2.05) is 0 Å². The fraction of sp³-hybridized carbons (Fsp3) is 0.429. The van der Waals surface area contributed by atoms with E-state index < -0.39 is 5.97 Å². The largest absolute Gasteiger partial charge is 0.468 e. The van der Waals surface area contributed by atoms with E-state index in [2.05, 4.69) is 20.1 Å². The van der Waals surface area contributed by atoms with Gasteiger partial charge in [-0.3, -0.25) is 9.59 Å². The molecule has 0 aliphatic carbocycles. The molecule has 3 N–H and O–H groups in total. The third-order valence-corrected chi connectivity index (χ3v) is 1.52. The summed E-state index contributed by atoms with van der Waals surface area (Å²) in [6, 6.07) is 0. The number of esters is 1. The Bertz CT molecular complexity index is 361. The molecular formula is C7H11N5O3. The first-order valence-corrected chi connectivity index (χ1v) is 4.10. The second-order valence-corrected chi connectivity index (χ2v) is 2.65. The minimum Gasteiger partial charge on any atom is -0.468 e. The van der Waals surface area contributed by atoms with E-state index in [1.54, 1.807) is 0 Å². The fourth-order valence-corrected chi connectivity index (χ4v) is 0.831. The van der Waals surface area contributed by atoms with Gasteiger partial charge in [0.05, 0.1) is 7.11 Å². The van der Waals surface area contributed by atoms with Crippen LogP contribution in [0.15, 0.2) is 6.33 Å². The van der Waals surface area contributed by atoms with E-state index in [4.69, 9.17) is 5.73 Å². The first kappa shape index (κ1) is 11.0. The van der Waals surface area contributed by atoms with Gasteiger partial charge in [0.2, 0.25) is 11.9 Å². The number of carbonyl (C=O) groups is 2. The van der Waals surface area contributed by atoms with Crippen LogP contribution in [0, 0.1) is 0 Å². The number of carbonyl (C=O) groups excluding carboxylic acids is 2. The highest BCUT2D eigenvalue weighted by molar-refractivity contribution is 5.81. The molecule has 1 rings (SSSR count). The number of nitrogen functional groups attached to an aromatic ring is 1. The Hall–Kier alpha value is -2.12. The Labute approximate surface area is 85.4 Å². The lowest BCUT2D eigenvalue weighted by molar-refractivity contribution is -0.141. The van der Waals surface area contributed by atoms with Crippen molar-refractivity contribution in [2.24, 2.45) is 0 Å². The maximum Gasteiger partial charge on any atom is 0.325 e. The van der Waals surface area contributed by atoms with Crippen LogP contribution in [0.4, 0.5) is 5.95 Å². The van der Waals surface area contributed by atoms with Gasteiger partial charge >= 0.3 is 5.97 Å². The number of anilines is 1. The molecule has 0 aliphatic heterocycles. The predicted molar refractivity (Wildman–Crippen MR) is 49.5 cm³/mol. The van der Waals surface area contributed by atoms with Crippen LogP contribution in [0.5, 0.6) is 0 Å². The molecule has 0 unspecified atom stereocenters. The summed E-state index contributed by atoms with van der Waals surface area (Å²) in [4.78, 5) is 25.5. The molecule has 8 nitrogen and oxygen atoms in total. The number of hydrogen-bond acceptors (Lipinski definition) is 6. The van der Waals surface area contributed by atoms with Gasteiger partial charge in [-0.1, -0.05) is 0 Å². The zero-order valence-corrected chi connectivity index (χ0v) is 8.14. The lowest BCUT2D eigenvalue weighted by atomic mass is 10.5. The number of ether oxygens (including phenoxy) is 1. The standard InChI is InChI=1S/C7H11N5O3/c1-15-6(14)2-9-5(13)3-12-4-10-7(8)11-12/h4H,2-3H2,1H3,(H2,8,11)(H,9,13). The second kappa shape index (κ2) is 4.94. The Kier molecular flexibility index (Phi) is 3.61. The average Bonchev–Trinajstić information content (AvgIpc) is 2.60. The summed E-state index contributed by atoms with van der Waals surface area (Å²) in [6.45, 7) is -0.208. The predicted octanol–water partition coefficient (Wildman–Crippen LogP) is -1.85. The lowest BCUT2D eigenvalue weighted by Gasteiger charge is -2.02. The van der Waals surface area contributed by atoms with Gasteiger partial charge in [0, 0.05) is 0 Å². The number of aromatic nitrogens is 3. The summed E-state index contributed by atoms with van der Waals surface area (Å²) >= 11 is 0. The number of hydrogen-bond donors (Lipinski definition) is 2. The molecule has 1 aromatic heterocycles. The quantitative estimate of drug-likeness (QED) is 0.568. The van der Waals surface area contributed by atoms with Crippen LogP contribution in [-0.4, -0.2) is 40.3 Å². The monoisotopic (exact) mass is 213 g/mol. The van der Waals surface area contributed by atoms with Crippen LogP contribution >= 0.6 is 0 Å². The van der Waals surface area contributed by atoms with Crippen LogP contribution in [0.25, 0.3) is 0 Å². The van der Waals surface area contributed by atoms with Crippen LogP contribution in [0.3, 0.4) is 0 Å². The van der Waals surface area contributed by atoms with Crippen molar-refractivity contribution in [3.63, 3.8) is 0 Å². The van der Waals surface area contributed by atoms with Gasteiger partial charge < -0.3 is 15.8 Å². The first-order chi connectivity index (χ1) is 7.11. The molecule has 1 aromatic rings. The molecule has 82 valence electrons. The highest BCUT2D eigenvalue weighted by atomic mass is 16.5. The molecule has 1 amide bonds. The molecule has 0 aliphatic rings. The molecule has 0 spiro atoms. The Morgan fingerprint density at radius 1 is 1.67 bits per heavy atom. The van der Waals surface area contributed by atoms with E-state index in [0.717, 1.165) is 0 Å². The van der Waals surface area contributed by atoms with Crippen molar-refractivity contribution in [3.8, 4) is 0 Å². The molecule has 0 bridgehead atoms. The van der Waals surface area contributed by atoms with Crippen LogP contribution in [0.1, 0.15) is 0 Å². The number of nitrogens with two attached hydrogens (primary N) is 1. The van der Waals surface area contributed by atoms with Crippen LogP contribution in [-0.2, 0) is 20.9 Å². The van der Waals surface area contributed by atoms with Gasteiger partial charge in [-0.15, -0.1) is 5.10 Å². The van der Waals surface area contributed by atoms with Crippen molar-refractivity contribution in [2.75, 3.05) is 19.4 Å². The minimum atomic E-state index is -0.513. The zero-order valence-electron chi connectivity index (χ0n) is 8.14. The van der Waals surface area contributed by atoms with Crippen molar-refractivity contribution in [1.29, 1.82) is 0 Å². The molecule has 0 radical (unpaired) electrons. The summed E-state index contributed by atoms with van der Waals surface area (Å²) in [5.41, 5.74) is 5.25. The lowest BCUT2D eigenvalue weighted by Crippen LogP contribution is -2.32. The van der Waals surface area contributed by atoms with Gasteiger partial charge in [0.25, 0.3) is 0 Å². The number of amides is 1. The van der Waals surface area contributed by atoms with Crippen molar-refractivity contribution in [2.45, 2.75) is 6.54 Å². The normalized spacial score (nSPS) is 9.67.